The van der Waals surface area contributed by atoms with Crippen molar-refractivity contribution in [3.63, 3.8) is 0 Å². The standard InChI is InChI=1S/C22H37N3O3S/c1-2-3-15-23-16-9-4-5-10-19-28-22-13-17-25(18-14-22)29(26,27)24-20-21-11-7-6-8-12-21/h2,6-8,11-12,22-24H,1,3-5,9-10,13-20H2. The van der Waals surface area contributed by atoms with Gasteiger partial charge in [-0.05, 0) is 50.8 Å². The molecule has 1 saturated heterocycles. The molecule has 0 amide bonds. The predicted octanol–water partition coefficient (Wildman–Crippen LogP) is 3.23. The molecule has 29 heavy (non-hydrogen) atoms. The van der Waals surface area contributed by atoms with Gasteiger partial charge in [0.2, 0.25) is 0 Å². The normalized spacial score (nSPS) is 16.1. The third-order valence-corrected chi connectivity index (χ3v) is 6.72. The van der Waals surface area contributed by atoms with Gasteiger partial charge in [0.25, 0.3) is 10.2 Å². The van der Waals surface area contributed by atoms with Gasteiger partial charge in [0.1, 0.15) is 0 Å². The van der Waals surface area contributed by atoms with Crippen LogP contribution in [0.4, 0.5) is 0 Å². The third-order valence-electron chi connectivity index (χ3n) is 5.17. The molecule has 1 heterocycles. The monoisotopic (exact) mass is 423 g/mol. The summed E-state index contributed by atoms with van der Waals surface area (Å²) in [5.74, 6) is 0. The molecule has 2 N–H and O–H groups in total. The lowest BCUT2D eigenvalue weighted by atomic mass is 10.1. The molecule has 6 nitrogen and oxygen atoms in total. The van der Waals surface area contributed by atoms with Crippen LogP contribution in [0.25, 0.3) is 0 Å². The number of ether oxygens (including phenoxy) is 1. The Kier molecular flexibility index (Phi) is 11.5. The van der Waals surface area contributed by atoms with Crippen LogP contribution >= 0.6 is 0 Å². The Morgan fingerprint density at radius 3 is 2.52 bits per heavy atom. The van der Waals surface area contributed by atoms with Crippen LogP contribution in [0.1, 0.15) is 50.5 Å². The molecule has 0 unspecified atom stereocenters. The average molecular weight is 424 g/mol. The molecule has 164 valence electrons. The maximum absolute atomic E-state index is 12.5. The zero-order chi connectivity index (χ0) is 20.8. The summed E-state index contributed by atoms with van der Waals surface area (Å²) in [6.07, 6.45) is 9.33. The van der Waals surface area contributed by atoms with Crippen molar-refractivity contribution in [1.29, 1.82) is 0 Å². The first-order valence-electron chi connectivity index (χ1n) is 10.8. The maximum atomic E-state index is 12.5. The number of piperidine rings is 1. The molecule has 1 aliphatic heterocycles. The van der Waals surface area contributed by atoms with Crippen LogP contribution < -0.4 is 10.0 Å². The lowest BCUT2D eigenvalue weighted by molar-refractivity contribution is 0.0191. The summed E-state index contributed by atoms with van der Waals surface area (Å²) in [6, 6.07) is 9.58. The maximum Gasteiger partial charge on any atom is 0.279 e. The highest BCUT2D eigenvalue weighted by atomic mass is 32.2. The van der Waals surface area contributed by atoms with E-state index in [0.717, 1.165) is 50.9 Å². The highest BCUT2D eigenvalue weighted by Crippen LogP contribution is 2.17. The minimum absolute atomic E-state index is 0.177. The number of unbranched alkanes of at least 4 members (excludes halogenated alkanes) is 3. The van der Waals surface area contributed by atoms with Crippen molar-refractivity contribution in [2.45, 2.75) is 57.6 Å². The Balaban J connectivity index is 1.51. The molecule has 1 fully saturated rings. The van der Waals surface area contributed by atoms with E-state index in [1.54, 1.807) is 0 Å². The van der Waals surface area contributed by atoms with Gasteiger partial charge in [0, 0.05) is 26.2 Å². The van der Waals surface area contributed by atoms with Crippen molar-refractivity contribution in [2.24, 2.45) is 0 Å². The van der Waals surface area contributed by atoms with E-state index in [2.05, 4.69) is 16.6 Å². The molecule has 0 spiro atoms. The van der Waals surface area contributed by atoms with E-state index < -0.39 is 10.2 Å². The van der Waals surface area contributed by atoms with Gasteiger partial charge < -0.3 is 10.1 Å². The second kappa shape index (κ2) is 13.9. The summed E-state index contributed by atoms with van der Waals surface area (Å²) in [4.78, 5) is 0. The van der Waals surface area contributed by atoms with Gasteiger partial charge in [-0.1, -0.05) is 49.2 Å². The van der Waals surface area contributed by atoms with Gasteiger partial charge in [-0.2, -0.15) is 17.4 Å². The Bertz CT molecular complexity index is 659. The molecule has 0 atom stereocenters. The largest absolute Gasteiger partial charge is 0.378 e. The van der Waals surface area contributed by atoms with E-state index in [0.29, 0.717) is 19.6 Å². The second-order valence-electron chi connectivity index (χ2n) is 7.52. The Morgan fingerprint density at radius 1 is 1.07 bits per heavy atom. The fraction of sp³-hybridized carbons (Fsp3) is 0.636. The predicted molar refractivity (Wildman–Crippen MR) is 119 cm³/mol. The van der Waals surface area contributed by atoms with Gasteiger partial charge in [-0.25, -0.2) is 0 Å². The Hall–Kier alpha value is -1.25. The van der Waals surface area contributed by atoms with E-state index in [-0.39, 0.29) is 6.10 Å². The summed E-state index contributed by atoms with van der Waals surface area (Å²) in [5, 5.41) is 3.40. The van der Waals surface area contributed by atoms with Crippen molar-refractivity contribution in [2.75, 3.05) is 32.8 Å². The number of rotatable bonds is 15. The Labute approximate surface area is 176 Å². The van der Waals surface area contributed by atoms with Gasteiger partial charge >= 0.3 is 0 Å². The van der Waals surface area contributed by atoms with Crippen LogP contribution in [0.3, 0.4) is 0 Å². The Morgan fingerprint density at radius 2 is 1.79 bits per heavy atom. The molecular weight excluding hydrogens is 386 g/mol. The fourth-order valence-corrected chi connectivity index (χ4v) is 4.61. The molecule has 1 aromatic rings. The van der Waals surface area contributed by atoms with E-state index in [9.17, 15) is 8.42 Å². The first kappa shape index (κ1) is 24.0. The van der Waals surface area contributed by atoms with Crippen molar-refractivity contribution in [3.05, 3.63) is 48.6 Å². The lowest BCUT2D eigenvalue weighted by Gasteiger charge is -2.31. The van der Waals surface area contributed by atoms with Gasteiger partial charge in [0.05, 0.1) is 6.10 Å². The summed E-state index contributed by atoms with van der Waals surface area (Å²) >= 11 is 0. The van der Waals surface area contributed by atoms with Crippen molar-refractivity contribution in [1.82, 2.24) is 14.3 Å². The molecule has 0 radical (unpaired) electrons. The zero-order valence-corrected chi connectivity index (χ0v) is 18.3. The number of hydrogen-bond acceptors (Lipinski definition) is 4. The van der Waals surface area contributed by atoms with Gasteiger partial charge in [0.15, 0.2) is 0 Å². The highest BCUT2D eigenvalue weighted by molar-refractivity contribution is 7.87. The highest BCUT2D eigenvalue weighted by Gasteiger charge is 2.27. The van der Waals surface area contributed by atoms with E-state index in [1.807, 2.05) is 36.4 Å². The summed E-state index contributed by atoms with van der Waals surface area (Å²) in [5.41, 5.74) is 0.960. The quantitative estimate of drug-likeness (QED) is 0.336. The SMILES string of the molecule is C=CCCNCCCCCCOC1CCN(S(=O)(=O)NCc2ccccc2)CC1. The van der Waals surface area contributed by atoms with Crippen LogP contribution in [-0.2, 0) is 21.5 Å². The van der Waals surface area contributed by atoms with E-state index in [4.69, 9.17) is 4.74 Å². The molecule has 7 heteroatoms. The second-order valence-corrected chi connectivity index (χ2v) is 9.28. The van der Waals surface area contributed by atoms with Crippen molar-refractivity contribution >= 4 is 10.2 Å². The number of nitrogens with zero attached hydrogens (tertiary/aromatic N) is 1. The molecule has 2 rings (SSSR count). The first-order chi connectivity index (χ1) is 14.1. The first-order valence-corrected chi connectivity index (χ1v) is 12.3. The third kappa shape index (κ3) is 9.87. The van der Waals surface area contributed by atoms with Crippen molar-refractivity contribution in [3.8, 4) is 0 Å². The van der Waals surface area contributed by atoms with Crippen LogP contribution in [0.15, 0.2) is 43.0 Å². The molecule has 1 aliphatic rings. The van der Waals surface area contributed by atoms with Crippen LogP contribution in [0, 0.1) is 0 Å². The summed E-state index contributed by atoms with van der Waals surface area (Å²) in [7, 11) is -3.43. The minimum atomic E-state index is -3.43. The molecule has 0 bridgehead atoms. The van der Waals surface area contributed by atoms with Crippen LogP contribution in [0.5, 0.6) is 0 Å². The number of hydrogen-bond donors (Lipinski definition) is 2. The topological polar surface area (TPSA) is 70.7 Å². The zero-order valence-electron chi connectivity index (χ0n) is 17.5. The molecule has 1 aromatic carbocycles. The minimum Gasteiger partial charge on any atom is -0.378 e. The molecule has 0 aromatic heterocycles. The van der Waals surface area contributed by atoms with E-state index in [1.165, 1.54) is 23.6 Å². The number of benzene rings is 1. The van der Waals surface area contributed by atoms with Crippen LogP contribution in [0.2, 0.25) is 0 Å². The van der Waals surface area contributed by atoms with E-state index >= 15 is 0 Å². The van der Waals surface area contributed by atoms with Gasteiger partial charge in [-0.3, -0.25) is 0 Å². The summed E-state index contributed by atoms with van der Waals surface area (Å²) in [6.45, 7) is 7.93. The smallest absolute Gasteiger partial charge is 0.279 e. The fourth-order valence-electron chi connectivity index (χ4n) is 3.39. The van der Waals surface area contributed by atoms with Crippen molar-refractivity contribution < 1.29 is 13.2 Å². The molecule has 0 saturated carbocycles. The summed E-state index contributed by atoms with van der Waals surface area (Å²) < 4.78 is 35.1. The van der Waals surface area contributed by atoms with Gasteiger partial charge in [-0.15, -0.1) is 6.58 Å². The number of nitrogens with one attached hydrogen (secondary N) is 2. The molecular formula is C22H37N3O3S. The lowest BCUT2D eigenvalue weighted by Crippen LogP contribution is -2.46. The molecule has 0 aliphatic carbocycles. The van der Waals surface area contributed by atoms with Crippen LogP contribution in [-0.4, -0.2) is 51.6 Å². The average Bonchev–Trinajstić information content (AvgIpc) is 2.75.